The molecule has 0 spiro atoms. The molecule has 2 atom stereocenters. The van der Waals surface area contributed by atoms with Gasteiger partial charge in [0.15, 0.2) is 6.61 Å². The van der Waals surface area contributed by atoms with E-state index < -0.39 is 18.9 Å². The number of carbonyl (C=O) groups is 1. The lowest BCUT2D eigenvalue weighted by molar-refractivity contribution is -0.274. The van der Waals surface area contributed by atoms with Crippen molar-refractivity contribution >= 4 is 34.3 Å². The van der Waals surface area contributed by atoms with Crippen molar-refractivity contribution in [3.63, 3.8) is 0 Å². The molecule has 2 unspecified atom stereocenters. The predicted octanol–water partition coefficient (Wildman–Crippen LogP) is 8.68. The fraction of sp³-hybridized carbons (Fsp3) is 0.375. The molecule has 0 radical (unpaired) electrons. The van der Waals surface area contributed by atoms with E-state index in [-0.39, 0.29) is 29.6 Å². The Morgan fingerprint density at radius 2 is 1.62 bits per heavy atom. The Kier molecular flexibility index (Phi) is 9.08. The molecule has 1 aliphatic carbocycles. The molecular weight excluding hydrogens is 599 g/mol. The second-order valence-electron chi connectivity index (χ2n) is 12.0. The zero-order chi connectivity index (χ0) is 32.4. The maximum atomic E-state index is 12.6. The van der Waals surface area contributed by atoms with Gasteiger partial charge >= 0.3 is 13.0 Å². The maximum Gasteiger partial charge on any atom is 0.573 e. The Hall–Kier alpha value is -4.55. The number of amides is 1. The minimum absolute atomic E-state index is 0.0282. The van der Waals surface area contributed by atoms with Crippen molar-refractivity contribution in [2.24, 2.45) is 11.3 Å². The number of halogens is 5. The zero-order valence-corrected chi connectivity index (χ0v) is 24.8. The number of hydrogen-bond donors (Lipinski definition) is 2. The van der Waals surface area contributed by atoms with Crippen LogP contribution in [0.1, 0.15) is 46.1 Å². The lowest BCUT2D eigenvalue weighted by Gasteiger charge is -2.40. The summed E-state index contributed by atoms with van der Waals surface area (Å²) in [4.78, 5) is 17.3. The minimum Gasteiger partial charge on any atom is -0.484 e. The number of aromatic nitrogens is 2. The number of nitrogens with zero attached hydrogens (tertiary/aromatic N) is 2. The maximum absolute atomic E-state index is 12.6. The molecule has 5 rings (SSSR count). The van der Waals surface area contributed by atoms with Gasteiger partial charge in [0.25, 0.3) is 5.91 Å². The van der Waals surface area contributed by atoms with E-state index in [0.717, 1.165) is 24.8 Å². The topological polar surface area (TPSA) is 86.6 Å². The molecule has 1 aromatic heterocycles. The molecule has 1 saturated carbocycles. The summed E-state index contributed by atoms with van der Waals surface area (Å²) in [5.74, 6) is 0.588. The lowest BCUT2D eigenvalue weighted by atomic mass is 9.70. The van der Waals surface area contributed by atoms with Crippen LogP contribution in [0.25, 0.3) is 11.0 Å². The highest BCUT2D eigenvalue weighted by Crippen LogP contribution is 2.46. The monoisotopic (exact) mass is 632 g/mol. The quantitative estimate of drug-likeness (QED) is 0.170. The molecule has 0 bridgehead atoms. The number of nitrogens with one attached hydrogen (secondary N) is 2. The molecule has 13 heteroatoms. The average molecular weight is 633 g/mol. The van der Waals surface area contributed by atoms with Crippen molar-refractivity contribution in [3.8, 4) is 17.2 Å². The third-order valence-electron chi connectivity index (χ3n) is 7.47. The zero-order valence-electron chi connectivity index (χ0n) is 24.8. The van der Waals surface area contributed by atoms with E-state index in [2.05, 4.69) is 45.4 Å². The smallest absolute Gasteiger partial charge is 0.484 e. The van der Waals surface area contributed by atoms with Crippen LogP contribution in [0.5, 0.6) is 17.2 Å². The Morgan fingerprint density at radius 3 is 2.27 bits per heavy atom. The van der Waals surface area contributed by atoms with Crippen LogP contribution in [0.15, 0.2) is 66.7 Å². The van der Waals surface area contributed by atoms with Gasteiger partial charge in [-0.1, -0.05) is 20.8 Å². The van der Waals surface area contributed by atoms with Crippen LogP contribution in [0.4, 0.5) is 39.3 Å². The van der Waals surface area contributed by atoms with Crippen LogP contribution in [0.2, 0.25) is 0 Å². The van der Waals surface area contributed by atoms with Gasteiger partial charge in [0, 0.05) is 23.5 Å². The third kappa shape index (κ3) is 8.55. The van der Waals surface area contributed by atoms with Crippen molar-refractivity contribution in [3.05, 3.63) is 66.7 Å². The number of fused-ring (bicyclic) bond motifs is 1. The van der Waals surface area contributed by atoms with Gasteiger partial charge < -0.3 is 29.4 Å². The normalized spacial score (nSPS) is 18.1. The number of hydrogen-bond acceptors (Lipinski definition) is 6. The van der Waals surface area contributed by atoms with Crippen molar-refractivity contribution < 1.29 is 41.0 Å². The van der Waals surface area contributed by atoms with Gasteiger partial charge in [-0.2, -0.15) is 8.78 Å². The average Bonchev–Trinajstić information content (AvgIpc) is 3.29. The van der Waals surface area contributed by atoms with Crippen molar-refractivity contribution in [2.45, 2.75) is 59.0 Å². The molecule has 1 fully saturated rings. The Morgan fingerprint density at radius 1 is 0.978 bits per heavy atom. The summed E-state index contributed by atoms with van der Waals surface area (Å²) in [7, 11) is 0. The number of imidazole rings is 1. The molecule has 3 aromatic carbocycles. The Labute approximate surface area is 256 Å². The molecule has 45 heavy (non-hydrogen) atoms. The standard InChI is InChI=1S/C32H33F5N4O4/c1-19-14-22(17-31(2,3)16-19)41-27-13-12-25(43-18-28(42)38-20-4-8-23(9-5-20)44-29(33)34)15-26(27)40-30(41)39-21-6-10-24(11-7-21)45-32(35,36)37/h4-13,15,19,22,29H,14,16-18H2,1-3H3,(H,38,42)(H,39,40). The molecule has 1 amide bonds. The number of anilines is 3. The highest BCUT2D eigenvalue weighted by atomic mass is 19.4. The second kappa shape index (κ2) is 12.8. The summed E-state index contributed by atoms with van der Waals surface area (Å²) in [5, 5.41) is 5.90. The molecule has 1 heterocycles. The fourth-order valence-electron chi connectivity index (χ4n) is 6.05. The lowest BCUT2D eigenvalue weighted by Crippen LogP contribution is -2.29. The van der Waals surface area contributed by atoms with E-state index in [0.29, 0.717) is 34.5 Å². The van der Waals surface area contributed by atoms with Crippen LogP contribution in [0, 0.1) is 11.3 Å². The number of carbonyl (C=O) groups excluding carboxylic acids is 1. The molecule has 2 N–H and O–H groups in total. The summed E-state index contributed by atoms with van der Waals surface area (Å²) >= 11 is 0. The summed E-state index contributed by atoms with van der Waals surface area (Å²) in [6, 6.07) is 16.4. The molecular formula is C32H33F5N4O4. The summed E-state index contributed by atoms with van der Waals surface area (Å²) < 4.78 is 78.8. The van der Waals surface area contributed by atoms with Gasteiger partial charge in [0.05, 0.1) is 11.0 Å². The van der Waals surface area contributed by atoms with Gasteiger partial charge in [-0.25, -0.2) is 4.98 Å². The van der Waals surface area contributed by atoms with Crippen LogP contribution in [-0.4, -0.2) is 35.0 Å². The van der Waals surface area contributed by atoms with E-state index in [9.17, 15) is 26.7 Å². The van der Waals surface area contributed by atoms with E-state index in [4.69, 9.17) is 9.72 Å². The third-order valence-corrected chi connectivity index (χ3v) is 7.47. The highest BCUT2D eigenvalue weighted by Gasteiger charge is 2.35. The Balaban J connectivity index is 1.35. The van der Waals surface area contributed by atoms with Gasteiger partial charge in [-0.3, -0.25) is 4.79 Å². The molecule has 0 saturated heterocycles. The highest BCUT2D eigenvalue weighted by molar-refractivity contribution is 5.92. The van der Waals surface area contributed by atoms with Crippen molar-refractivity contribution in [2.75, 3.05) is 17.2 Å². The summed E-state index contributed by atoms with van der Waals surface area (Å²) in [6.07, 6.45) is -1.86. The Bertz CT molecular complexity index is 1620. The fourth-order valence-corrected chi connectivity index (χ4v) is 6.05. The van der Waals surface area contributed by atoms with E-state index in [1.54, 1.807) is 12.1 Å². The first kappa shape index (κ1) is 31.9. The molecule has 4 aromatic rings. The minimum atomic E-state index is -4.78. The predicted molar refractivity (Wildman–Crippen MR) is 159 cm³/mol. The van der Waals surface area contributed by atoms with Crippen LogP contribution < -0.4 is 24.8 Å². The van der Waals surface area contributed by atoms with Crippen LogP contribution in [-0.2, 0) is 4.79 Å². The van der Waals surface area contributed by atoms with E-state index >= 15 is 0 Å². The van der Waals surface area contributed by atoms with Gasteiger partial charge in [-0.15, -0.1) is 13.2 Å². The number of alkyl halides is 5. The van der Waals surface area contributed by atoms with Gasteiger partial charge in [0.2, 0.25) is 5.95 Å². The van der Waals surface area contributed by atoms with Gasteiger partial charge in [0.1, 0.15) is 17.2 Å². The van der Waals surface area contributed by atoms with Gasteiger partial charge in [-0.05, 0) is 91.3 Å². The first-order chi connectivity index (χ1) is 21.2. The molecule has 240 valence electrons. The molecule has 8 nitrogen and oxygen atoms in total. The first-order valence-corrected chi connectivity index (χ1v) is 14.4. The molecule has 1 aliphatic rings. The van der Waals surface area contributed by atoms with Crippen molar-refractivity contribution in [1.82, 2.24) is 9.55 Å². The summed E-state index contributed by atoms with van der Waals surface area (Å²) in [5.41, 5.74) is 2.47. The van der Waals surface area contributed by atoms with Crippen molar-refractivity contribution in [1.29, 1.82) is 0 Å². The number of ether oxygens (including phenoxy) is 3. The second-order valence-corrected chi connectivity index (χ2v) is 12.0. The largest absolute Gasteiger partial charge is 0.573 e. The first-order valence-electron chi connectivity index (χ1n) is 14.4. The number of rotatable bonds is 10. The van der Waals surface area contributed by atoms with E-state index in [1.165, 1.54) is 48.5 Å². The number of benzene rings is 3. The van der Waals surface area contributed by atoms with E-state index in [1.807, 2.05) is 6.07 Å². The van der Waals surface area contributed by atoms with Crippen LogP contribution >= 0.6 is 0 Å². The SMILES string of the molecule is CC1CC(n2c(Nc3ccc(OC(F)(F)F)cc3)nc3cc(OCC(=O)Nc4ccc(OC(F)F)cc4)ccc32)CC(C)(C)C1. The summed E-state index contributed by atoms with van der Waals surface area (Å²) in [6.45, 7) is 3.45. The van der Waals surface area contributed by atoms with Crippen LogP contribution in [0.3, 0.4) is 0 Å². The molecule has 0 aliphatic heterocycles.